The van der Waals surface area contributed by atoms with Gasteiger partial charge in [0, 0.05) is 12.0 Å². The van der Waals surface area contributed by atoms with E-state index in [2.05, 4.69) is 15.3 Å². The van der Waals surface area contributed by atoms with Crippen molar-refractivity contribution in [1.82, 2.24) is 9.97 Å². The average molecular weight is 278 g/mol. The van der Waals surface area contributed by atoms with Crippen LogP contribution in [0, 0.1) is 12.7 Å². The van der Waals surface area contributed by atoms with Crippen LogP contribution in [0.3, 0.4) is 0 Å². The molecule has 98 valence electrons. The molecule has 1 aliphatic carbocycles. The largest absolute Gasteiger partial charge is 0.338 e. The Balaban J connectivity index is 1.92. The predicted molar refractivity (Wildman–Crippen MR) is 73.4 cm³/mol. The summed E-state index contributed by atoms with van der Waals surface area (Å²) in [6.45, 7) is 1.91. The molecular weight excluding hydrogens is 265 g/mol. The van der Waals surface area contributed by atoms with Crippen LogP contribution in [0.4, 0.5) is 15.9 Å². The van der Waals surface area contributed by atoms with Gasteiger partial charge in [0.25, 0.3) is 0 Å². The number of hydrogen-bond donors (Lipinski definition) is 1. The molecule has 3 nitrogen and oxygen atoms in total. The Bertz CT molecular complexity index is 626. The summed E-state index contributed by atoms with van der Waals surface area (Å²) in [7, 11) is 0. The third kappa shape index (κ3) is 2.84. The smallest absolute Gasteiger partial charge is 0.146 e. The molecule has 0 unspecified atom stereocenters. The van der Waals surface area contributed by atoms with Crippen LogP contribution < -0.4 is 5.32 Å². The number of anilines is 2. The van der Waals surface area contributed by atoms with Crippen molar-refractivity contribution in [2.45, 2.75) is 25.7 Å². The van der Waals surface area contributed by atoms with Gasteiger partial charge in [0.05, 0.1) is 5.69 Å². The van der Waals surface area contributed by atoms with Crippen molar-refractivity contribution in [1.29, 1.82) is 0 Å². The summed E-state index contributed by atoms with van der Waals surface area (Å²) in [4.78, 5) is 8.59. The van der Waals surface area contributed by atoms with Gasteiger partial charge in [-0.25, -0.2) is 14.4 Å². The van der Waals surface area contributed by atoms with Gasteiger partial charge >= 0.3 is 0 Å². The van der Waals surface area contributed by atoms with Crippen LogP contribution in [-0.4, -0.2) is 9.97 Å². The molecule has 1 N–H and O–H groups in total. The second-order valence-electron chi connectivity index (χ2n) is 4.82. The summed E-state index contributed by atoms with van der Waals surface area (Å²) in [5, 5.41) is 3.35. The van der Waals surface area contributed by atoms with Crippen molar-refractivity contribution in [2.24, 2.45) is 0 Å². The van der Waals surface area contributed by atoms with Gasteiger partial charge in [-0.05, 0) is 37.5 Å². The standard InChI is InChI=1S/C14H13ClFN3/c1-8-2-5-10(16)11(6-8)17-13-7-12(15)18-14(19-13)9-3-4-9/h2,5-7,9H,3-4H2,1H3,(H,17,18,19). The zero-order valence-corrected chi connectivity index (χ0v) is 11.2. The first kappa shape index (κ1) is 12.4. The van der Waals surface area contributed by atoms with E-state index in [-0.39, 0.29) is 5.82 Å². The number of hydrogen-bond acceptors (Lipinski definition) is 3. The SMILES string of the molecule is Cc1ccc(F)c(Nc2cc(Cl)nc(C3CC3)n2)c1. The summed E-state index contributed by atoms with van der Waals surface area (Å²) < 4.78 is 13.7. The van der Waals surface area contributed by atoms with E-state index in [0.29, 0.717) is 22.6 Å². The summed E-state index contributed by atoms with van der Waals surface area (Å²) in [5.74, 6) is 1.37. The van der Waals surface area contributed by atoms with Crippen molar-refractivity contribution in [3.8, 4) is 0 Å². The number of benzene rings is 1. The lowest BCUT2D eigenvalue weighted by atomic mass is 10.2. The Kier molecular flexibility index (Phi) is 3.11. The predicted octanol–water partition coefficient (Wildman–Crippen LogP) is 4.20. The maximum absolute atomic E-state index is 13.7. The molecule has 1 aliphatic rings. The molecule has 1 saturated carbocycles. The van der Waals surface area contributed by atoms with Gasteiger partial charge in [-0.1, -0.05) is 17.7 Å². The van der Waals surface area contributed by atoms with Gasteiger partial charge < -0.3 is 5.32 Å². The quantitative estimate of drug-likeness (QED) is 0.855. The highest BCUT2D eigenvalue weighted by atomic mass is 35.5. The first-order valence-corrected chi connectivity index (χ1v) is 6.57. The fraction of sp³-hybridized carbons (Fsp3) is 0.286. The van der Waals surface area contributed by atoms with E-state index in [1.165, 1.54) is 6.07 Å². The highest BCUT2D eigenvalue weighted by Crippen LogP contribution is 2.39. The zero-order chi connectivity index (χ0) is 13.4. The van der Waals surface area contributed by atoms with Crippen LogP contribution in [-0.2, 0) is 0 Å². The minimum atomic E-state index is -0.312. The highest BCUT2D eigenvalue weighted by molar-refractivity contribution is 6.29. The first-order valence-electron chi connectivity index (χ1n) is 6.19. The van der Waals surface area contributed by atoms with Gasteiger partial charge in [0.1, 0.15) is 22.6 Å². The molecule has 5 heteroatoms. The van der Waals surface area contributed by atoms with Gasteiger partial charge in [-0.2, -0.15) is 0 Å². The Morgan fingerprint density at radius 1 is 1.26 bits per heavy atom. The van der Waals surface area contributed by atoms with Crippen molar-refractivity contribution in [3.63, 3.8) is 0 Å². The van der Waals surface area contributed by atoms with Gasteiger partial charge in [-0.15, -0.1) is 0 Å². The maximum atomic E-state index is 13.7. The van der Waals surface area contributed by atoms with Gasteiger partial charge in [-0.3, -0.25) is 0 Å². The van der Waals surface area contributed by atoms with Crippen LogP contribution in [0.25, 0.3) is 0 Å². The van der Waals surface area contributed by atoms with Gasteiger partial charge in [0.15, 0.2) is 0 Å². The molecule has 0 spiro atoms. The minimum absolute atomic E-state index is 0.312. The Morgan fingerprint density at radius 3 is 2.79 bits per heavy atom. The van der Waals surface area contributed by atoms with Gasteiger partial charge in [0.2, 0.25) is 0 Å². The third-order valence-corrected chi connectivity index (χ3v) is 3.23. The lowest BCUT2D eigenvalue weighted by Gasteiger charge is -2.09. The summed E-state index contributed by atoms with van der Waals surface area (Å²) in [6.07, 6.45) is 2.19. The molecule has 0 saturated heterocycles. The Hall–Kier alpha value is -1.68. The minimum Gasteiger partial charge on any atom is -0.338 e. The van der Waals surface area contributed by atoms with E-state index in [1.54, 1.807) is 18.2 Å². The Labute approximate surface area is 115 Å². The second-order valence-corrected chi connectivity index (χ2v) is 5.20. The third-order valence-electron chi connectivity index (χ3n) is 3.04. The molecule has 1 aromatic carbocycles. The molecule has 1 fully saturated rings. The summed E-state index contributed by atoms with van der Waals surface area (Å²) >= 11 is 5.97. The molecule has 1 aromatic heterocycles. The van der Waals surface area contributed by atoms with E-state index >= 15 is 0 Å². The van der Waals surface area contributed by atoms with E-state index in [1.807, 2.05) is 6.92 Å². The maximum Gasteiger partial charge on any atom is 0.146 e. The second kappa shape index (κ2) is 4.78. The number of aryl methyl sites for hydroxylation is 1. The lowest BCUT2D eigenvalue weighted by molar-refractivity contribution is 0.631. The monoisotopic (exact) mass is 277 g/mol. The fourth-order valence-electron chi connectivity index (χ4n) is 1.90. The highest BCUT2D eigenvalue weighted by Gasteiger charge is 2.27. The molecule has 0 atom stereocenters. The van der Waals surface area contributed by atoms with Crippen LogP contribution >= 0.6 is 11.6 Å². The number of rotatable bonds is 3. The molecule has 0 radical (unpaired) electrons. The molecule has 19 heavy (non-hydrogen) atoms. The van der Waals surface area contributed by atoms with Crippen LogP contribution in [0.1, 0.15) is 30.1 Å². The van der Waals surface area contributed by atoms with E-state index in [0.717, 1.165) is 24.2 Å². The van der Waals surface area contributed by atoms with E-state index in [4.69, 9.17) is 11.6 Å². The lowest BCUT2D eigenvalue weighted by Crippen LogP contribution is -2.01. The van der Waals surface area contributed by atoms with Crippen molar-refractivity contribution in [2.75, 3.05) is 5.32 Å². The Morgan fingerprint density at radius 2 is 2.05 bits per heavy atom. The first-order chi connectivity index (χ1) is 9.11. The van der Waals surface area contributed by atoms with Crippen LogP contribution in [0.5, 0.6) is 0 Å². The van der Waals surface area contributed by atoms with E-state index < -0.39 is 0 Å². The number of halogens is 2. The van der Waals surface area contributed by atoms with Crippen molar-refractivity contribution < 1.29 is 4.39 Å². The zero-order valence-electron chi connectivity index (χ0n) is 10.5. The number of nitrogens with zero attached hydrogens (tertiary/aromatic N) is 2. The molecular formula is C14H13ClFN3. The molecule has 0 aliphatic heterocycles. The number of nitrogens with one attached hydrogen (secondary N) is 1. The molecule has 0 amide bonds. The molecule has 0 bridgehead atoms. The summed E-state index contributed by atoms with van der Waals surface area (Å²) in [6, 6.07) is 6.50. The fourth-order valence-corrected chi connectivity index (χ4v) is 2.09. The van der Waals surface area contributed by atoms with E-state index in [9.17, 15) is 4.39 Å². The molecule has 2 aromatic rings. The number of aromatic nitrogens is 2. The van der Waals surface area contributed by atoms with Crippen molar-refractivity contribution in [3.05, 3.63) is 46.6 Å². The average Bonchev–Trinajstić information content (AvgIpc) is 3.17. The van der Waals surface area contributed by atoms with Crippen LogP contribution in [0.2, 0.25) is 5.15 Å². The summed E-state index contributed by atoms with van der Waals surface area (Å²) in [5.41, 5.74) is 1.38. The normalized spacial score (nSPS) is 14.5. The molecule has 3 rings (SSSR count). The van der Waals surface area contributed by atoms with Crippen molar-refractivity contribution >= 4 is 23.1 Å². The van der Waals surface area contributed by atoms with Crippen LogP contribution in [0.15, 0.2) is 24.3 Å². The molecule has 1 heterocycles. The topological polar surface area (TPSA) is 37.8 Å².